The summed E-state index contributed by atoms with van der Waals surface area (Å²) in [5.74, 6) is -12.9. The van der Waals surface area contributed by atoms with Crippen molar-refractivity contribution in [3.8, 4) is 0 Å². The van der Waals surface area contributed by atoms with Crippen LogP contribution in [0.4, 0.5) is 0 Å². The fraction of sp³-hybridized carbons (Fsp3) is 0.604. The van der Waals surface area contributed by atoms with Crippen LogP contribution in [-0.4, -0.2) is 178 Å². The summed E-state index contributed by atoms with van der Waals surface area (Å²) in [5.41, 5.74) is 40.2. The molecule has 0 aliphatic carbocycles. The van der Waals surface area contributed by atoms with Gasteiger partial charge in [-0.05, 0) is 108 Å². The van der Waals surface area contributed by atoms with Crippen molar-refractivity contribution >= 4 is 87.9 Å². The Morgan fingerprint density at radius 3 is 1.71 bits per heavy atom. The third-order valence-corrected chi connectivity index (χ3v) is 13.7. The standard InChI is InChI=1S/C53H85N17O14/c1-28(2)23-36(66-45(76)34(15-6-8-20-55)64-50(81)40-16-10-22-70(40)51(82)31(56)12-9-21-61-53(59)60)46(77)63-33(14-5-7-19-54)44(75)67-37(24-29-27-62-32-13-4-3-11-30(29)32)47(78)69-39(26-43(73)74)49(80)68-38(25-42(58)72)48(79)65-35(52(83)84)17-18-41(57)71/h3-4,11,13,27-28,31,33-40,62H,5-10,12,14-26,54-56H2,1-2H3,(H2,57,71)(H2,58,72)(H,63,77)(H,64,81)(H,65,79)(H,66,76)(H,67,75)(H,68,80)(H,69,78)(H,73,74)(H,83,84)(H4,59,60,61). The number of nitrogens with zero attached hydrogens (tertiary/aromatic N) is 2. The van der Waals surface area contributed by atoms with E-state index < -0.39 is 151 Å². The summed E-state index contributed by atoms with van der Waals surface area (Å²) in [5, 5.41) is 37.6. The van der Waals surface area contributed by atoms with E-state index in [2.05, 4.69) is 47.2 Å². The van der Waals surface area contributed by atoms with Crippen molar-refractivity contribution in [2.45, 2.75) is 171 Å². The van der Waals surface area contributed by atoms with Crippen molar-refractivity contribution in [1.82, 2.24) is 47.1 Å². The number of aromatic amines is 1. The van der Waals surface area contributed by atoms with E-state index >= 15 is 0 Å². The van der Waals surface area contributed by atoms with Crippen LogP contribution >= 0.6 is 0 Å². The number of para-hydroxylation sites is 1. The average molecular weight is 1180 g/mol. The Hall–Kier alpha value is -8.45. The number of rotatable bonds is 39. The van der Waals surface area contributed by atoms with E-state index in [1.165, 1.54) is 4.90 Å². The smallest absolute Gasteiger partial charge is 0.326 e. The first-order chi connectivity index (χ1) is 39.8. The van der Waals surface area contributed by atoms with Crippen LogP contribution in [0.3, 0.4) is 0 Å². The lowest BCUT2D eigenvalue weighted by atomic mass is 10.00. The van der Waals surface area contributed by atoms with Crippen LogP contribution in [0.5, 0.6) is 0 Å². The molecule has 9 atom stereocenters. The summed E-state index contributed by atoms with van der Waals surface area (Å²) in [6.45, 7) is 4.56. The number of fused-ring (bicyclic) bond motifs is 1. The number of benzene rings is 1. The molecule has 2 aromatic rings. The van der Waals surface area contributed by atoms with Crippen molar-refractivity contribution in [2.24, 2.45) is 51.0 Å². The van der Waals surface area contributed by atoms with Crippen LogP contribution in [0.1, 0.15) is 116 Å². The molecule has 0 saturated carbocycles. The van der Waals surface area contributed by atoms with Crippen molar-refractivity contribution < 1.29 is 67.7 Å². The highest BCUT2D eigenvalue weighted by Gasteiger charge is 2.39. The van der Waals surface area contributed by atoms with Crippen LogP contribution in [0, 0.1) is 5.92 Å². The lowest BCUT2D eigenvalue weighted by molar-refractivity contribution is -0.144. The third kappa shape index (κ3) is 23.8. The van der Waals surface area contributed by atoms with Crippen LogP contribution in [0.2, 0.25) is 0 Å². The number of carbonyl (C=O) groups is 12. The van der Waals surface area contributed by atoms with Gasteiger partial charge in [0.15, 0.2) is 5.96 Å². The van der Waals surface area contributed by atoms with Crippen molar-refractivity contribution in [1.29, 1.82) is 0 Å². The Bertz CT molecular complexity index is 2650. The first kappa shape index (κ1) is 69.8. The quantitative estimate of drug-likeness (QED) is 0.0170. The molecule has 1 aliphatic rings. The zero-order valence-corrected chi connectivity index (χ0v) is 47.5. The molecule has 1 aromatic carbocycles. The maximum atomic E-state index is 14.6. The lowest BCUT2D eigenvalue weighted by Gasteiger charge is -2.29. The number of aromatic nitrogens is 1. The molecule has 10 amide bonds. The molecule has 9 unspecified atom stereocenters. The fourth-order valence-corrected chi connectivity index (χ4v) is 9.35. The van der Waals surface area contributed by atoms with Crippen LogP contribution in [0.25, 0.3) is 10.9 Å². The highest BCUT2D eigenvalue weighted by molar-refractivity contribution is 6.00. The van der Waals surface area contributed by atoms with E-state index in [0.29, 0.717) is 55.0 Å². The predicted molar refractivity (Wildman–Crippen MR) is 306 cm³/mol. The molecule has 1 aromatic heterocycles. The van der Waals surface area contributed by atoms with Crippen molar-refractivity contribution in [3.63, 3.8) is 0 Å². The van der Waals surface area contributed by atoms with E-state index in [9.17, 15) is 67.7 Å². The number of aliphatic imine (C=N–C) groups is 1. The summed E-state index contributed by atoms with van der Waals surface area (Å²) in [7, 11) is 0. The Morgan fingerprint density at radius 1 is 0.631 bits per heavy atom. The number of primary amides is 2. The summed E-state index contributed by atoms with van der Waals surface area (Å²) >= 11 is 0. The molecule has 1 saturated heterocycles. The van der Waals surface area contributed by atoms with E-state index in [4.69, 9.17) is 40.1 Å². The molecule has 0 bridgehead atoms. The van der Waals surface area contributed by atoms with Gasteiger partial charge in [-0.2, -0.15) is 0 Å². The highest BCUT2D eigenvalue weighted by atomic mass is 16.4. The third-order valence-electron chi connectivity index (χ3n) is 13.7. The number of hydrogen-bond donors (Lipinski definition) is 17. The second-order valence-electron chi connectivity index (χ2n) is 21.0. The minimum absolute atomic E-state index is 0.0418. The Morgan fingerprint density at radius 2 is 1.15 bits per heavy atom. The zero-order chi connectivity index (χ0) is 62.6. The SMILES string of the molecule is CC(C)CC(NC(=O)C(CCCCN)NC(=O)C1CCCN1C(=O)C(N)CCCN=C(N)N)C(=O)NC(CCCCN)C(=O)NC(Cc1c[nH]c2ccccc12)C(=O)NC(CC(=O)O)C(=O)NC(CC(N)=O)C(=O)NC(CCC(N)=O)C(=O)O. The monoisotopic (exact) mass is 1180 g/mol. The summed E-state index contributed by atoms with van der Waals surface area (Å²) in [4.78, 5) is 168. The fourth-order valence-electron chi connectivity index (χ4n) is 9.35. The zero-order valence-electron chi connectivity index (χ0n) is 47.5. The molecular weight excluding hydrogens is 1100 g/mol. The Balaban J connectivity index is 1.95. The maximum absolute atomic E-state index is 14.6. The molecule has 0 spiro atoms. The summed E-state index contributed by atoms with van der Waals surface area (Å²) < 4.78 is 0. The first-order valence-corrected chi connectivity index (χ1v) is 28.0. The second-order valence-corrected chi connectivity index (χ2v) is 21.0. The minimum atomic E-state index is -2.02. The Kier molecular flexibility index (Phi) is 29.5. The van der Waals surface area contributed by atoms with Crippen LogP contribution in [0.15, 0.2) is 35.5 Å². The molecule has 1 aliphatic heterocycles. The first-order valence-electron chi connectivity index (χ1n) is 28.0. The van der Waals surface area contributed by atoms with E-state index in [-0.39, 0.29) is 76.6 Å². The van der Waals surface area contributed by atoms with E-state index in [1.807, 2.05) is 0 Å². The van der Waals surface area contributed by atoms with Gasteiger partial charge in [-0.3, -0.25) is 57.7 Å². The molecule has 31 nitrogen and oxygen atoms in total. The molecule has 3 rings (SSSR count). The molecule has 1 fully saturated rings. The highest BCUT2D eigenvalue weighted by Crippen LogP contribution is 2.22. The number of nitrogens with one attached hydrogen (secondary N) is 8. The largest absolute Gasteiger partial charge is 0.481 e. The number of guanidine groups is 1. The number of aliphatic carboxylic acids is 2. The minimum Gasteiger partial charge on any atom is -0.481 e. The van der Waals surface area contributed by atoms with Gasteiger partial charge >= 0.3 is 11.9 Å². The van der Waals surface area contributed by atoms with Crippen molar-refractivity contribution in [2.75, 3.05) is 26.2 Å². The predicted octanol–water partition coefficient (Wildman–Crippen LogP) is -4.52. The number of unbranched alkanes of at least 4 members (excludes halogenated alkanes) is 2. The normalized spacial score (nSPS) is 15.8. The topological polar surface area (TPSA) is 543 Å². The maximum Gasteiger partial charge on any atom is 0.326 e. The number of amides is 10. The number of carbonyl (C=O) groups excluding carboxylic acids is 10. The number of likely N-dealkylation sites (tertiary alicyclic amines) is 1. The van der Waals surface area contributed by atoms with Gasteiger partial charge in [-0.15, -0.1) is 0 Å². The lowest BCUT2D eigenvalue weighted by Crippen LogP contribution is -2.61. The number of nitrogens with two attached hydrogens (primary N) is 7. The van der Waals surface area contributed by atoms with E-state index in [0.717, 1.165) is 0 Å². The molecule has 466 valence electrons. The van der Waals surface area contributed by atoms with Crippen molar-refractivity contribution in [3.05, 3.63) is 36.0 Å². The molecule has 2 heterocycles. The number of H-pyrrole nitrogens is 1. The molecule has 31 heteroatoms. The van der Waals surface area contributed by atoms with Gasteiger partial charge < -0.3 is 97.5 Å². The second kappa shape index (κ2) is 35.5. The molecule has 24 N–H and O–H groups in total. The van der Waals surface area contributed by atoms with Gasteiger partial charge in [-0.25, -0.2) is 4.79 Å². The summed E-state index contributed by atoms with van der Waals surface area (Å²) in [6.07, 6.45) is 1.32. The van der Waals surface area contributed by atoms with Crippen LogP contribution in [-0.2, 0) is 64.0 Å². The molecular formula is C53H85N17O14. The number of carboxylic acid groups (broad SMARTS) is 2. The molecule has 0 radical (unpaired) electrons. The van der Waals surface area contributed by atoms with Gasteiger partial charge in [0.1, 0.15) is 48.3 Å². The average Bonchev–Trinajstić information content (AvgIpc) is 4.09. The van der Waals surface area contributed by atoms with Gasteiger partial charge in [-0.1, -0.05) is 32.0 Å². The Labute approximate surface area is 485 Å². The van der Waals surface area contributed by atoms with Crippen LogP contribution < -0.4 is 77.4 Å². The van der Waals surface area contributed by atoms with Gasteiger partial charge in [0, 0.05) is 43.0 Å². The van der Waals surface area contributed by atoms with Gasteiger partial charge in [0.2, 0.25) is 59.1 Å². The number of carboxylic acids is 2. The van der Waals surface area contributed by atoms with Gasteiger partial charge in [0.25, 0.3) is 0 Å². The molecule has 84 heavy (non-hydrogen) atoms. The summed E-state index contributed by atoms with van der Waals surface area (Å²) in [6, 6.07) is -6.20. The van der Waals surface area contributed by atoms with Gasteiger partial charge in [0.05, 0.1) is 18.9 Å². The van der Waals surface area contributed by atoms with E-state index in [1.54, 1.807) is 44.3 Å². The number of hydrogen-bond acceptors (Lipinski definition) is 16.